The van der Waals surface area contributed by atoms with Crippen LogP contribution < -0.4 is 15.4 Å². The minimum absolute atomic E-state index is 0.0609. The Labute approximate surface area is 124 Å². The summed E-state index contributed by atoms with van der Waals surface area (Å²) in [5.41, 5.74) is 1.33. The number of hydrogen-bond donors (Lipinski definition) is 3. The lowest BCUT2D eigenvalue weighted by Gasteiger charge is -2.10. The molecule has 1 aromatic carbocycles. The largest absolute Gasteiger partial charge is 0.494 e. The van der Waals surface area contributed by atoms with Crippen LogP contribution in [0.25, 0.3) is 10.2 Å². The number of methoxy groups -OCH3 is 1. The zero-order valence-electron chi connectivity index (χ0n) is 11.6. The zero-order chi connectivity index (χ0) is 15.4. The summed E-state index contributed by atoms with van der Waals surface area (Å²) in [7, 11) is 1.51. The van der Waals surface area contributed by atoms with Crippen molar-refractivity contribution in [3.8, 4) is 5.75 Å². The number of hydrogen-bond acceptors (Lipinski definition) is 5. The summed E-state index contributed by atoms with van der Waals surface area (Å²) in [6, 6.07) is 3.07. The van der Waals surface area contributed by atoms with Crippen molar-refractivity contribution in [3.63, 3.8) is 0 Å². The molecule has 0 saturated carbocycles. The van der Waals surface area contributed by atoms with Gasteiger partial charge in [-0.2, -0.15) is 0 Å². The highest BCUT2D eigenvalue weighted by Crippen LogP contribution is 2.32. The Morgan fingerprint density at radius 3 is 2.86 bits per heavy atom. The van der Waals surface area contributed by atoms with E-state index in [4.69, 9.17) is 9.84 Å². The molecule has 0 radical (unpaired) electrons. The first kappa shape index (κ1) is 15.0. The number of nitrogens with one attached hydrogen (secondary N) is 2. The first-order valence-electron chi connectivity index (χ1n) is 6.21. The monoisotopic (exact) mass is 309 g/mol. The molecule has 0 spiro atoms. The Hall–Kier alpha value is -2.35. The van der Waals surface area contributed by atoms with Crippen molar-refractivity contribution in [1.82, 2.24) is 10.3 Å². The van der Waals surface area contributed by atoms with Gasteiger partial charge in [-0.15, -0.1) is 11.3 Å². The number of aryl methyl sites for hydroxylation is 1. The Kier molecular flexibility index (Phi) is 4.59. The number of urea groups is 1. The molecule has 1 aromatic heterocycles. The highest BCUT2D eigenvalue weighted by atomic mass is 32.1. The molecule has 7 nitrogen and oxygen atoms in total. The van der Waals surface area contributed by atoms with Gasteiger partial charge in [0.1, 0.15) is 5.75 Å². The SMILES string of the molecule is COc1cc2nc(C)sc2cc1NC(=O)NCCC(=O)O. The van der Waals surface area contributed by atoms with Gasteiger partial charge in [0.25, 0.3) is 0 Å². The summed E-state index contributed by atoms with van der Waals surface area (Å²) >= 11 is 1.52. The molecular formula is C13H15N3O4S. The van der Waals surface area contributed by atoms with Crippen molar-refractivity contribution in [1.29, 1.82) is 0 Å². The van der Waals surface area contributed by atoms with E-state index in [1.165, 1.54) is 18.4 Å². The molecule has 2 amide bonds. The predicted octanol–water partition coefficient (Wildman–Crippen LogP) is 2.21. The lowest BCUT2D eigenvalue weighted by Crippen LogP contribution is -2.30. The highest BCUT2D eigenvalue weighted by Gasteiger charge is 2.11. The molecule has 0 aliphatic rings. The molecule has 3 N–H and O–H groups in total. The molecule has 2 rings (SSSR count). The first-order valence-corrected chi connectivity index (χ1v) is 7.03. The number of thiazole rings is 1. The highest BCUT2D eigenvalue weighted by molar-refractivity contribution is 7.18. The second-order valence-corrected chi connectivity index (χ2v) is 5.51. The number of carboxylic acid groups (broad SMARTS) is 1. The minimum Gasteiger partial charge on any atom is -0.494 e. The van der Waals surface area contributed by atoms with E-state index in [1.807, 2.05) is 6.92 Å². The maximum atomic E-state index is 11.7. The van der Waals surface area contributed by atoms with Gasteiger partial charge < -0.3 is 20.5 Å². The Morgan fingerprint density at radius 1 is 1.43 bits per heavy atom. The van der Waals surface area contributed by atoms with Crippen LogP contribution in [0.3, 0.4) is 0 Å². The Bertz CT molecular complexity index is 683. The first-order chi connectivity index (χ1) is 9.99. The number of nitrogens with zero attached hydrogens (tertiary/aromatic N) is 1. The number of anilines is 1. The van der Waals surface area contributed by atoms with Crippen LogP contribution in [-0.2, 0) is 4.79 Å². The molecule has 0 unspecified atom stereocenters. The molecule has 0 bridgehead atoms. The van der Waals surface area contributed by atoms with E-state index in [2.05, 4.69) is 15.6 Å². The number of ether oxygens (including phenoxy) is 1. The average molecular weight is 309 g/mol. The quantitative estimate of drug-likeness (QED) is 0.786. The maximum absolute atomic E-state index is 11.7. The fourth-order valence-electron chi connectivity index (χ4n) is 1.79. The molecule has 0 atom stereocenters. The number of aliphatic carboxylic acids is 1. The van der Waals surface area contributed by atoms with Crippen LogP contribution >= 0.6 is 11.3 Å². The molecule has 0 aliphatic heterocycles. The van der Waals surface area contributed by atoms with Gasteiger partial charge in [0.15, 0.2) is 0 Å². The van der Waals surface area contributed by atoms with Crippen molar-refractivity contribution in [2.24, 2.45) is 0 Å². The summed E-state index contributed by atoms with van der Waals surface area (Å²) in [5, 5.41) is 14.6. The van der Waals surface area contributed by atoms with Crippen molar-refractivity contribution in [2.45, 2.75) is 13.3 Å². The van der Waals surface area contributed by atoms with Gasteiger partial charge in [-0.3, -0.25) is 4.79 Å². The summed E-state index contributed by atoms with van der Waals surface area (Å²) in [6.07, 6.45) is -0.127. The van der Waals surface area contributed by atoms with Crippen LogP contribution in [0.5, 0.6) is 5.75 Å². The number of carbonyl (C=O) groups excluding carboxylic acids is 1. The molecule has 8 heteroatoms. The third-order valence-electron chi connectivity index (χ3n) is 2.69. The Balaban J connectivity index is 2.12. The number of benzene rings is 1. The van der Waals surface area contributed by atoms with Crippen LogP contribution in [0.2, 0.25) is 0 Å². The Morgan fingerprint density at radius 2 is 2.19 bits per heavy atom. The lowest BCUT2D eigenvalue weighted by molar-refractivity contribution is -0.136. The molecule has 0 aliphatic carbocycles. The van der Waals surface area contributed by atoms with E-state index >= 15 is 0 Å². The maximum Gasteiger partial charge on any atom is 0.319 e. The molecule has 2 aromatic rings. The number of carboxylic acids is 1. The zero-order valence-corrected chi connectivity index (χ0v) is 12.4. The van der Waals surface area contributed by atoms with Gasteiger partial charge in [-0.05, 0) is 13.0 Å². The van der Waals surface area contributed by atoms with Crippen molar-refractivity contribution in [3.05, 3.63) is 17.1 Å². The molecule has 0 fully saturated rings. The van der Waals surface area contributed by atoms with Crippen LogP contribution in [0.15, 0.2) is 12.1 Å². The summed E-state index contributed by atoms with van der Waals surface area (Å²) in [5.74, 6) is -0.462. The van der Waals surface area contributed by atoms with Crippen LogP contribution in [0.4, 0.5) is 10.5 Å². The number of amides is 2. The minimum atomic E-state index is -0.963. The van der Waals surface area contributed by atoms with E-state index in [0.29, 0.717) is 11.4 Å². The van der Waals surface area contributed by atoms with E-state index in [-0.39, 0.29) is 13.0 Å². The van der Waals surface area contributed by atoms with Crippen molar-refractivity contribution < 1.29 is 19.4 Å². The standard InChI is InChI=1S/C13H15N3O4S/c1-7-15-9-5-10(20-2)8(6-11(9)21-7)16-13(19)14-4-3-12(17)18/h5-6H,3-4H2,1-2H3,(H,17,18)(H2,14,16,19). The second kappa shape index (κ2) is 6.40. The van der Waals surface area contributed by atoms with Crippen LogP contribution in [0.1, 0.15) is 11.4 Å². The summed E-state index contributed by atoms with van der Waals surface area (Å²) < 4.78 is 6.17. The molecule has 0 saturated heterocycles. The average Bonchev–Trinajstić information content (AvgIpc) is 2.76. The van der Waals surface area contributed by atoms with E-state index in [0.717, 1.165) is 15.2 Å². The van der Waals surface area contributed by atoms with Crippen LogP contribution in [0, 0.1) is 6.92 Å². The third-order valence-corrected chi connectivity index (χ3v) is 3.62. The van der Waals surface area contributed by atoms with Crippen molar-refractivity contribution >= 4 is 39.2 Å². The lowest BCUT2D eigenvalue weighted by atomic mass is 10.2. The normalized spacial score (nSPS) is 10.4. The molecule has 112 valence electrons. The number of carbonyl (C=O) groups is 2. The van der Waals surface area contributed by atoms with Gasteiger partial charge in [0.05, 0.1) is 34.4 Å². The van der Waals surface area contributed by atoms with Crippen molar-refractivity contribution in [2.75, 3.05) is 19.0 Å². The van der Waals surface area contributed by atoms with Gasteiger partial charge in [-0.1, -0.05) is 0 Å². The summed E-state index contributed by atoms with van der Waals surface area (Å²) in [4.78, 5) is 26.5. The predicted molar refractivity (Wildman–Crippen MR) is 80.2 cm³/mol. The number of fused-ring (bicyclic) bond motifs is 1. The van der Waals surface area contributed by atoms with Gasteiger partial charge in [-0.25, -0.2) is 9.78 Å². The van der Waals surface area contributed by atoms with E-state index < -0.39 is 12.0 Å². The third kappa shape index (κ3) is 3.82. The van der Waals surface area contributed by atoms with Gasteiger partial charge in [0.2, 0.25) is 0 Å². The summed E-state index contributed by atoms with van der Waals surface area (Å²) in [6.45, 7) is 1.97. The number of rotatable bonds is 5. The fourth-order valence-corrected chi connectivity index (χ4v) is 2.63. The topological polar surface area (TPSA) is 101 Å². The van der Waals surface area contributed by atoms with E-state index in [1.54, 1.807) is 12.1 Å². The second-order valence-electron chi connectivity index (χ2n) is 4.28. The van der Waals surface area contributed by atoms with Gasteiger partial charge in [0, 0.05) is 12.6 Å². The fraction of sp³-hybridized carbons (Fsp3) is 0.308. The molecule has 21 heavy (non-hydrogen) atoms. The van der Waals surface area contributed by atoms with E-state index in [9.17, 15) is 9.59 Å². The molecule has 1 heterocycles. The smallest absolute Gasteiger partial charge is 0.319 e. The molecular weight excluding hydrogens is 294 g/mol. The number of aromatic nitrogens is 1. The van der Waals surface area contributed by atoms with Crippen LogP contribution in [-0.4, -0.2) is 35.7 Å². The van der Waals surface area contributed by atoms with Gasteiger partial charge >= 0.3 is 12.0 Å².